The van der Waals surface area contributed by atoms with E-state index in [-0.39, 0.29) is 12.1 Å². The topological polar surface area (TPSA) is 67.5 Å². The second kappa shape index (κ2) is 7.26. The van der Waals surface area contributed by atoms with Crippen molar-refractivity contribution in [2.75, 3.05) is 32.9 Å². The van der Waals surface area contributed by atoms with Gasteiger partial charge in [0.05, 0.1) is 12.1 Å². The molecule has 0 fully saturated rings. The van der Waals surface area contributed by atoms with E-state index in [0.29, 0.717) is 19.8 Å². The molecule has 4 heteroatoms. The highest BCUT2D eigenvalue weighted by Crippen LogP contribution is 2.01. The molecule has 0 aromatic carbocycles. The van der Waals surface area contributed by atoms with Gasteiger partial charge in [0.2, 0.25) is 0 Å². The van der Waals surface area contributed by atoms with E-state index in [0.717, 1.165) is 13.0 Å². The third kappa shape index (κ3) is 5.99. The molecule has 0 saturated heterocycles. The standard InChI is InChI=1S/C9H22N2O2/c1-3-13-8-9(2,7-10)11-5-4-6-12/h11-12H,3-8,10H2,1-2H3. The first-order valence-electron chi connectivity index (χ1n) is 4.82. The lowest BCUT2D eigenvalue weighted by molar-refractivity contribution is 0.0867. The van der Waals surface area contributed by atoms with Crippen molar-refractivity contribution in [2.45, 2.75) is 25.8 Å². The Bertz CT molecular complexity index is 122. The highest BCUT2D eigenvalue weighted by molar-refractivity contribution is 4.83. The quantitative estimate of drug-likeness (QED) is 0.460. The van der Waals surface area contributed by atoms with Crippen molar-refractivity contribution in [1.29, 1.82) is 0 Å². The van der Waals surface area contributed by atoms with Crippen molar-refractivity contribution in [3.63, 3.8) is 0 Å². The summed E-state index contributed by atoms with van der Waals surface area (Å²) < 4.78 is 5.32. The average molecular weight is 190 g/mol. The summed E-state index contributed by atoms with van der Waals surface area (Å²) in [5.74, 6) is 0. The lowest BCUT2D eigenvalue weighted by Gasteiger charge is -2.29. The van der Waals surface area contributed by atoms with Gasteiger partial charge in [-0.1, -0.05) is 0 Å². The van der Waals surface area contributed by atoms with E-state index in [1.54, 1.807) is 0 Å². The fraction of sp³-hybridized carbons (Fsp3) is 1.00. The summed E-state index contributed by atoms with van der Waals surface area (Å²) in [6, 6.07) is 0. The smallest absolute Gasteiger partial charge is 0.0657 e. The van der Waals surface area contributed by atoms with Crippen LogP contribution in [0.4, 0.5) is 0 Å². The second-order valence-electron chi connectivity index (χ2n) is 3.41. The van der Waals surface area contributed by atoms with Crippen molar-refractivity contribution in [2.24, 2.45) is 5.73 Å². The van der Waals surface area contributed by atoms with Crippen LogP contribution in [-0.4, -0.2) is 43.6 Å². The highest BCUT2D eigenvalue weighted by Gasteiger charge is 2.20. The van der Waals surface area contributed by atoms with Gasteiger partial charge in [-0.15, -0.1) is 0 Å². The summed E-state index contributed by atoms with van der Waals surface area (Å²) in [4.78, 5) is 0. The number of nitrogens with two attached hydrogens (primary N) is 1. The Labute approximate surface area is 80.5 Å². The van der Waals surface area contributed by atoms with Gasteiger partial charge in [-0.05, 0) is 26.8 Å². The summed E-state index contributed by atoms with van der Waals surface area (Å²) in [5.41, 5.74) is 5.46. The second-order valence-corrected chi connectivity index (χ2v) is 3.41. The molecule has 0 aromatic rings. The minimum Gasteiger partial charge on any atom is -0.396 e. The van der Waals surface area contributed by atoms with E-state index in [2.05, 4.69) is 5.32 Å². The minimum atomic E-state index is -0.162. The van der Waals surface area contributed by atoms with Gasteiger partial charge in [-0.2, -0.15) is 0 Å². The molecular weight excluding hydrogens is 168 g/mol. The van der Waals surface area contributed by atoms with Crippen LogP contribution in [0.5, 0.6) is 0 Å². The van der Waals surface area contributed by atoms with Crippen molar-refractivity contribution in [1.82, 2.24) is 5.32 Å². The molecule has 80 valence electrons. The number of hydrogen-bond acceptors (Lipinski definition) is 4. The molecule has 4 nitrogen and oxygen atoms in total. The van der Waals surface area contributed by atoms with Gasteiger partial charge >= 0.3 is 0 Å². The molecule has 0 aromatic heterocycles. The molecule has 0 heterocycles. The molecule has 0 saturated carbocycles. The molecule has 1 unspecified atom stereocenters. The van der Waals surface area contributed by atoms with Crippen molar-refractivity contribution >= 4 is 0 Å². The minimum absolute atomic E-state index is 0.162. The molecule has 0 bridgehead atoms. The first-order valence-corrected chi connectivity index (χ1v) is 4.82. The molecular formula is C9H22N2O2. The summed E-state index contributed by atoms with van der Waals surface area (Å²) >= 11 is 0. The van der Waals surface area contributed by atoms with Crippen LogP contribution in [0.25, 0.3) is 0 Å². The SMILES string of the molecule is CCOCC(C)(CN)NCCCO. The molecule has 0 amide bonds. The Balaban J connectivity index is 3.67. The molecule has 0 aliphatic rings. The molecule has 0 aliphatic carbocycles. The third-order valence-corrected chi connectivity index (χ3v) is 1.96. The number of hydrogen-bond donors (Lipinski definition) is 3. The Morgan fingerprint density at radius 3 is 2.69 bits per heavy atom. The molecule has 0 spiro atoms. The predicted molar refractivity (Wildman–Crippen MR) is 53.7 cm³/mol. The van der Waals surface area contributed by atoms with Gasteiger partial charge in [-0.25, -0.2) is 0 Å². The fourth-order valence-corrected chi connectivity index (χ4v) is 0.979. The molecule has 1 atom stereocenters. The first kappa shape index (κ1) is 12.8. The van der Waals surface area contributed by atoms with Crippen LogP contribution >= 0.6 is 0 Å². The third-order valence-electron chi connectivity index (χ3n) is 1.96. The monoisotopic (exact) mass is 190 g/mol. The number of aliphatic hydroxyl groups excluding tert-OH is 1. The van der Waals surface area contributed by atoms with Crippen LogP contribution < -0.4 is 11.1 Å². The molecule has 4 N–H and O–H groups in total. The number of rotatable bonds is 8. The van der Waals surface area contributed by atoms with Crippen LogP contribution in [0.2, 0.25) is 0 Å². The van der Waals surface area contributed by atoms with Gasteiger partial charge in [0.1, 0.15) is 0 Å². The van der Waals surface area contributed by atoms with Crippen LogP contribution in [0.3, 0.4) is 0 Å². The summed E-state index contributed by atoms with van der Waals surface area (Å²) in [7, 11) is 0. The summed E-state index contributed by atoms with van der Waals surface area (Å²) in [5, 5.41) is 11.9. The molecule has 0 radical (unpaired) electrons. The first-order chi connectivity index (χ1) is 6.18. The van der Waals surface area contributed by atoms with Gasteiger partial charge < -0.3 is 20.9 Å². The predicted octanol–water partition coefficient (Wildman–Crippen LogP) is -0.288. The lowest BCUT2D eigenvalue weighted by atomic mass is 10.0. The van der Waals surface area contributed by atoms with Crippen molar-refractivity contribution < 1.29 is 9.84 Å². The Hall–Kier alpha value is -0.160. The normalized spacial score (nSPS) is 15.7. The number of nitrogens with one attached hydrogen (secondary N) is 1. The van der Waals surface area contributed by atoms with E-state index < -0.39 is 0 Å². The zero-order valence-corrected chi connectivity index (χ0v) is 8.68. The van der Waals surface area contributed by atoms with Crippen molar-refractivity contribution in [3.05, 3.63) is 0 Å². The molecule has 13 heavy (non-hydrogen) atoms. The van der Waals surface area contributed by atoms with Crippen LogP contribution in [0.15, 0.2) is 0 Å². The van der Waals surface area contributed by atoms with Gasteiger partial charge in [-0.3, -0.25) is 0 Å². The molecule has 0 rings (SSSR count). The van der Waals surface area contributed by atoms with E-state index in [9.17, 15) is 0 Å². The summed E-state index contributed by atoms with van der Waals surface area (Å²) in [6.07, 6.45) is 0.752. The zero-order valence-electron chi connectivity index (χ0n) is 8.68. The average Bonchev–Trinajstić information content (AvgIpc) is 2.15. The Kier molecular flexibility index (Phi) is 7.17. The van der Waals surface area contributed by atoms with Gasteiger partial charge in [0, 0.05) is 19.8 Å². The van der Waals surface area contributed by atoms with E-state index in [1.807, 2.05) is 13.8 Å². The molecule has 0 aliphatic heterocycles. The Morgan fingerprint density at radius 1 is 1.54 bits per heavy atom. The van der Waals surface area contributed by atoms with E-state index in [1.165, 1.54) is 0 Å². The maximum Gasteiger partial charge on any atom is 0.0657 e. The fourth-order valence-electron chi connectivity index (χ4n) is 0.979. The van der Waals surface area contributed by atoms with Crippen molar-refractivity contribution in [3.8, 4) is 0 Å². The zero-order chi connectivity index (χ0) is 10.2. The van der Waals surface area contributed by atoms with E-state index >= 15 is 0 Å². The van der Waals surface area contributed by atoms with Crippen LogP contribution in [0.1, 0.15) is 20.3 Å². The highest BCUT2D eigenvalue weighted by atomic mass is 16.5. The summed E-state index contributed by atoms with van der Waals surface area (Å²) in [6.45, 7) is 6.84. The Morgan fingerprint density at radius 2 is 2.23 bits per heavy atom. The maximum atomic E-state index is 8.61. The van der Waals surface area contributed by atoms with Gasteiger partial charge in [0.25, 0.3) is 0 Å². The lowest BCUT2D eigenvalue weighted by Crippen LogP contribution is -2.52. The largest absolute Gasteiger partial charge is 0.396 e. The number of ether oxygens (including phenoxy) is 1. The van der Waals surface area contributed by atoms with E-state index in [4.69, 9.17) is 15.6 Å². The van der Waals surface area contributed by atoms with Crippen LogP contribution in [-0.2, 0) is 4.74 Å². The maximum absolute atomic E-state index is 8.61. The number of aliphatic hydroxyl groups is 1. The van der Waals surface area contributed by atoms with Gasteiger partial charge in [0.15, 0.2) is 0 Å². The van der Waals surface area contributed by atoms with Crippen LogP contribution in [0, 0.1) is 0 Å².